The van der Waals surface area contributed by atoms with E-state index in [4.69, 9.17) is 0 Å². The Labute approximate surface area is 157 Å². The van der Waals surface area contributed by atoms with Gasteiger partial charge in [0.25, 0.3) is 5.56 Å². The van der Waals surface area contributed by atoms with Crippen molar-refractivity contribution in [1.29, 1.82) is 0 Å². The molecule has 4 rings (SSSR count). The molecule has 4 nitrogen and oxygen atoms in total. The van der Waals surface area contributed by atoms with Gasteiger partial charge in [-0.05, 0) is 42.7 Å². The minimum Gasteiger partial charge on any atom is -0.343 e. The molecule has 0 saturated heterocycles. The van der Waals surface area contributed by atoms with Crippen LogP contribution in [0.15, 0.2) is 70.3 Å². The smallest absolute Gasteiger partial charge is 0.268 e. The minimum atomic E-state index is -0.249. The van der Waals surface area contributed by atoms with Crippen LogP contribution in [0, 0.1) is 5.92 Å². The molecule has 0 amide bonds. The molecule has 4 heteroatoms. The number of aromatic nitrogens is 2. The van der Waals surface area contributed by atoms with Gasteiger partial charge in [-0.3, -0.25) is 14.2 Å². The van der Waals surface area contributed by atoms with Crippen molar-refractivity contribution < 1.29 is 0 Å². The Morgan fingerprint density at radius 1 is 0.889 bits per heavy atom. The summed E-state index contributed by atoms with van der Waals surface area (Å²) in [6.07, 6.45) is 0.751. The summed E-state index contributed by atoms with van der Waals surface area (Å²) in [5, 5.41) is 0.813. The fraction of sp³-hybridized carbons (Fsp3) is 0.217. The molecule has 2 aromatic carbocycles. The second kappa shape index (κ2) is 6.54. The van der Waals surface area contributed by atoms with Gasteiger partial charge in [0.1, 0.15) is 5.39 Å². The highest BCUT2D eigenvalue weighted by atomic mass is 16.1. The lowest BCUT2D eigenvalue weighted by Crippen LogP contribution is -2.28. The van der Waals surface area contributed by atoms with Crippen LogP contribution in [0.2, 0.25) is 0 Å². The first-order valence-electron chi connectivity index (χ1n) is 9.21. The first kappa shape index (κ1) is 17.3. The average molecular weight is 358 g/mol. The normalized spacial score (nSPS) is 11.6. The number of aryl methyl sites for hydroxylation is 1. The molecule has 0 radical (unpaired) electrons. The van der Waals surface area contributed by atoms with Crippen molar-refractivity contribution in [2.75, 3.05) is 0 Å². The second-order valence-electron chi connectivity index (χ2n) is 7.38. The molecule has 0 saturated carbocycles. The van der Waals surface area contributed by atoms with E-state index in [9.17, 15) is 9.59 Å². The molecule has 136 valence electrons. The number of hydrogen-bond donors (Lipinski definition) is 0. The number of fused-ring (bicyclic) bond motifs is 2. The third kappa shape index (κ3) is 2.78. The third-order valence-electron chi connectivity index (χ3n) is 4.99. The molecule has 0 bridgehead atoms. The molecular formula is C23H22N2O2. The lowest BCUT2D eigenvalue weighted by atomic mass is 10.0. The van der Waals surface area contributed by atoms with Crippen LogP contribution in [0.1, 0.15) is 19.5 Å². The van der Waals surface area contributed by atoms with Crippen LogP contribution in [0.4, 0.5) is 0 Å². The summed E-state index contributed by atoms with van der Waals surface area (Å²) >= 11 is 0. The highest BCUT2D eigenvalue weighted by Gasteiger charge is 2.18. The van der Waals surface area contributed by atoms with E-state index in [1.54, 1.807) is 10.6 Å². The van der Waals surface area contributed by atoms with E-state index in [-0.39, 0.29) is 16.4 Å². The molecule has 0 aliphatic heterocycles. The Morgan fingerprint density at radius 2 is 1.56 bits per heavy atom. The maximum atomic E-state index is 13.5. The molecule has 0 atom stereocenters. The number of nitrogens with zero attached hydrogens (tertiary/aromatic N) is 2. The largest absolute Gasteiger partial charge is 0.343 e. The van der Waals surface area contributed by atoms with Crippen LogP contribution in [0.25, 0.3) is 27.5 Å². The average Bonchev–Trinajstić information content (AvgIpc) is 2.66. The SMILES string of the molecule is CC(C)Cc1cc2c(c(=O)c3ccccc3n2C)c(=O)n1-c1ccccc1. The summed E-state index contributed by atoms with van der Waals surface area (Å²) in [7, 11) is 1.91. The van der Waals surface area contributed by atoms with Gasteiger partial charge in [0, 0.05) is 23.8 Å². The second-order valence-corrected chi connectivity index (χ2v) is 7.38. The Hall–Kier alpha value is -3.14. The summed E-state index contributed by atoms with van der Waals surface area (Å²) in [4.78, 5) is 26.6. The highest BCUT2D eigenvalue weighted by molar-refractivity contribution is 5.93. The quantitative estimate of drug-likeness (QED) is 0.519. The van der Waals surface area contributed by atoms with Crippen LogP contribution >= 0.6 is 0 Å². The summed E-state index contributed by atoms with van der Waals surface area (Å²) in [5.74, 6) is 0.384. The van der Waals surface area contributed by atoms with E-state index in [1.165, 1.54) is 0 Å². The Kier molecular flexibility index (Phi) is 4.19. The fourth-order valence-corrected chi connectivity index (χ4v) is 3.78. The van der Waals surface area contributed by atoms with Crippen LogP contribution in [-0.2, 0) is 13.5 Å². The van der Waals surface area contributed by atoms with Crippen LogP contribution in [0.3, 0.4) is 0 Å². The highest BCUT2D eigenvalue weighted by Crippen LogP contribution is 2.20. The van der Waals surface area contributed by atoms with E-state index >= 15 is 0 Å². The Balaban J connectivity index is 2.22. The zero-order chi connectivity index (χ0) is 19.1. The lowest BCUT2D eigenvalue weighted by molar-refractivity contribution is 0.621. The van der Waals surface area contributed by atoms with Crippen molar-refractivity contribution in [3.05, 3.63) is 86.9 Å². The fourth-order valence-electron chi connectivity index (χ4n) is 3.78. The van der Waals surface area contributed by atoms with E-state index in [1.807, 2.05) is 66.2 Å². The van der Waals surface area contributed by atoms with Crippen molar-refractivity contribution in [1.82, 2.24) is 9.13 Å². The molecule has 0 aliphatic carbocycles. The maximum absolute atomic E-state index is 13.5. The zero-order valence-corrected chi connectivity index (χ0v) is 15.8. The summed E-state index contributed by atoms with van der Waals surface area (Å²) in [6.45, 7) is 4.26. The monoisotopic (exact) mass is 358 g/mol. The van der Waals surface area contributed by atoms with E-state index < -0.39 is 0 Å². The summed E-state index contributed by atoms with van der Waals surface area (Å²) in [5.41, 5.74) is 2.77. The molecule has 2 heterocycles. The van der Waals surface area contributed by atoms with Crippen molar-refractivity contribution in [3.8, 4) is 5.69 Å². The van der Waals surface area contributed by atoms with Crippen molar-refractivity contribution in [2.45, 2.75) is 20.3 Å². The van der Waals surface area contributed by atoms with Gasteiger partial charge < -0.3 is 4.57 Å². The van der Waals surface area contributed by atoms with Crippen molar-refractivity contribution in [2.24, 2.45) is 13.0 Å². The first-order valence-corrected chi connectivity index (χ1v) is 9.21. The number of pyridine rings is 2. The van der Waals surface area contributed by atoms with Crippen LogP contribution in [0.5, 0.6) is 0 Å². The number of benzene rings is 2. The van der Waals surface area contributed by atoms with Crippen LogP contribution < -0.4 is 11.0 Å². The molecule has 0 unspecified atom stereocenters. The molecule has 0 fully saturated rings. The van der Waals surface area contributed by atoms with Crippen molar-refractivity contribution in [3.63, 3.8) is 0 Å². The predicted molar refractivity (Wildman–Crippen MR) is 111 cm³/mol. The van der Waals surface area contributed by atoms with Gasteiger partial charge in [-0.1, -0.05) is 44.2 Å². The lowest BCUT2D eigenvalue weighted by Gasteiger charge is -2.18. The molecule has 0 aliphatic rings. The van der Waals surface area contributed by atoms with Gasteiger partial charge in [-0.25, -0.2) is 0 Å². The number of hydrogen-bond acceptors (Lipinski definition) is 2. The molecular weight excluding hydrogens is 336 g/mol. The van der Waals surface area contributed by atoms with Crippen molar-refractivity contribution >= 4 is 21.8 Å². The summed E-state index contributed by atoms with van der Waals surface area (Å²) in [6, 6.07) is 19.0. The maximum Gasteiger partial charge on any atom is 0.268 e. The molecule has 0 spiro atoms. The standard InChI is InChI=1S/C23H22N2O2/c1-15(2)13-17-14-20-21(23(27)25(17)16-9-5-4-6-10-16)22(26)18-11-7-8-12-19(18)24(20)3/h4-12,14-15H,13H2,1-3H3. The molecule has 4 aromatic rings. The Bertz CT molecular complexity index is 1270. The first-order chi connectivity index (χ1) is 13.0. The number of para-hydroxylation sites is 2. The minimum absolute atomic E-state index is 0.204. The van der Waals surface area contributed by atoms with Gasteiger partial charge in [0.05, 0.1) is 11.0 Å². The van der Waals surface area contributed by atoms with Gasteiger partial charge in [-0.15, -0.1) is 0 Å². The van der Waals surface area contributed by atoms with Gasteiger partial charge >= 0.3 is 0 Å². The molecule has 2 aromatic heterocycles. The zero-order valence-electron chi connectivity index (χ0n) is 15.8. The Morgan fingerprint density at radius 3 is 2.26 bits per heavy atom. The number of rotatable bonds is 3. The van der Waals surface area contributed by atoms with Gasteiger partial charge in [0.2, 0.25) is 5.43 Å². The predicted octanol–water partition coefficient (Wildman–Crippen LogP) is 4.04. The topological polar surface area (TPSA) is 44.0 Å². The van der Waals surface area contributed by atoms with E-state index in [2.05, 4.69) is 13.8 Å². The van der Waals surface area contributed by atoms with E-state index in [0.29, 0.717) is 16.8 Å². The van der Waals surface area contributed by atoms with Crippen LogP contribution in [-0.4, -0.2) is 9.13 Å². The summed E-state index contributed by atoms with van der Waals surface area (Å²) < 4.78 is 3.64. The van der Waals surface area contributed by atoms with Gasteiger partial charge in [-0.2, -0.15) is 0 Å². The molecule has 27 heavy (non-hydrogen) atoms. The van der Waals surface area contributed by atoms with E-state index in [0.717, 1.165) is 23.3 Å². The van der Waals surface area contributed by atoms with Gasteiger partial charge in [0.15, 0.2) is 0 Å². The molecule has 0 N–H and O–H groups in total. The third-order valence-corrected chi connectivity index (χ3v) is 4.99.